The van der Waals surface area contributed by atoms with Gasteiger partial charge in [-0.3, -0.25) is 14.5 Å². The smallest absolute Gasteiger partial charge is 0.259 e. The van der Waals surface area contributed by atoms with Crippen LogP contribution in [0.3, 0.4) is 0 Å². The fourth-order valence-corrected chi connectivity index (χ4v) is 5.96. The van der Waals surface area contributed by atoms with Crippen LogP contribution in [0.15, 0.2) is 114 Å². The lowest BCUT2D eigenvalue weighted by Crippen LogP contribution is -2.39. The summed E-state index contributed by atoms with van der Waals surface area (Å²) in [4.78, 5) is 30.3. The molecule has 42 heavy (non-hydrogen) atoms. The quantitative estimate of drug-likeness (QED) is 0.262. The highest BCUT2D eigenvalue weighted by Gasteiger charge is 2.43. The predicted molar refractivity (Wildman–Crippen MR) is 165 cm³/mol. The zero-order chi connectivity index (χ0) is 29.3. The number of nitrogens with zero attached hydrogens (tertiary/aromatic N) is 1. The molecule has 6 heteroatoms. The predicted octanol–water partition coefficient (Wildman–Crippen LogP) is 7.73. The summed E-state index contributed by atoms with van der Waals surface area (Å²) in [5, 5.41) is 3.58. The van der Waals surface area contributed by atoms with E-state index in [1.165, 1.54) is 0 Å². The molecule has 212 valence electrons. The third-order valence-electron chi connectivity index (χ3n) is 7.88. The first kappa shape index (κ1) is 27.3. The number of benzene rings is 4. The van der Waals surface area contributed by atoms with E-state index in [4.69, 9.17) is 9.47 Å². The molecule has 1 amide bonds. The van der Waals surface area contributed by atoms with Crippen LogP contribution in [-0.4, -0.2) is 18.8 Å². The van der Waals surface area contributed by atoms with E-state index in [0.29, 0.717) is 47.8 Å². The van der Waals surface area contributed by atoms with E-state index >= 15 is 0 Å². The maximum absolute atomic E-state index is 14.4. The van der Waals surface area contributed by atoms with Crippen molar-refractivity contribution in [3.05, 3.63) is 131 Å². The summed E-state index contributed by atoms with van der Waals surface area (Å²) < 4.78 is 11.9. The van der Waals surface area contributed by atoms with Crippen molar-refractivity contribution >= 4 is 23.1 Å². The lowest BCUT2D eigenvalue weighted by molar-refractivity contribution is -0.118. The number of rotatable bonds is 6. The summed E-state index contributed by atoms with van der Waals surface area (Å²) in [6.45, 7) is 4.57. The van der Waals surface area contributed by atoms with Gasteiger partial charge in [-0.15, -0.1) is 0 Å². The Hall–Kier alpha value is -4.84. The van der Waals surface area contributed by atoms with Gasteiger partial charge in [-0.25, -0.2) is 0 Å². The van der Waals surface area contributed by atoms with Gasteiger partial charge in [0, 0.05) is 23.3 Å². The fourth-order valence-electron chi connectivity index (χ4n) is 5.96. The minimum Gasteiger partial charge on any atom is -0.493 e. The molecule has 0 spiro atoms. The molecule has 1 N–H and O–H groups in total. The van der Waals surface area contributed by atoms with E-state index in [0.717, 1.165) is 22.5 Å². The highest BCUT2D eigenvalue weighted by Crippen LogP contribution is 2.49. The molecule has 4 aromatic carbocycles. The van der Waals surface area contributed by atoms with Crippen LogP contribution in [0.1, 0.15) is 54.2 Å². The standard InChI is InChI=1S/C36H34N2O4/c1-36(2)21-28-33(30(39)22-36)34(26-18-19-31(41-3)32(20-26)42-23-24-12-6-4-7-13-24)38(29-17-11-10-16-27(29)37-28)35(40)25-14-8-5-9-15-25/h4-20,34,37H,21-23H2,1-3H3/t34-/m1/s1. The normalized spacial score (nSPS) is 17.5. The first-order valence-electron chi connectivity index (χ1n) is 14.2. The molecule has 0 unspecified atom stereocenters. The Bertz CT molecular complexity index is 1660. The third-order valence-corrected chi connectivity index (χ3v) is 7.88. The lowest BCUT2D eigenvalue weighted by Gasteiger charge is -2.37. The number of ether oxygens (including phenoxy) is 2. The Morgan fingerprint density at radius 3 is 2.31 bits per heavy atom. The molecule has 2 aliphatic rings. The molecule has 1 atom stereocenters. The molecule has 4 aromatic rings. The van der Waals surface area contributed by atoms with Crippen LogP contribution < -0.4 is 19.7 Å². The topological polar surface area (TPSA) is 67.9 Å². The van der Waals surface area contributed by atoms with Gasteiger partial charge in [-0.2, -0.15) is 0 Å². The zero-order valence-corrected chi connectivity index (χ0v) is 24.1. The highest BCUT2D eigenvalue weighted by molar-refractivity contribution is 6.12. The van der Waals surface area contributed by atoms with Crippen LogP contribution >= 0.6 is 0 Å². The van der Waals surface area contributed by atoms with Gasteiger partial charge in [-0.05, 0) is 59.4 Å². The van der Waals surface area contributed by atoms with Crippen molar-refractivity contribution in [1.29, 1.82) is 0 Å². The zero-order valence-electron chi connectivity index (χ0n) is 24.1. The molecule has 6 nitrogen and oxygen atoms in total. The van der Waals surface area contributed by atoms with E-state index in [1.54, 1.807) is 12.0 Å². The number of para-hydroxylation sites is 2. The number of carbonyl (C=O) groups excluding carboxylic acids is 2. The molecule has 1 heterocycles. The van der Waals surface area contributed by atoms with E-state index in [1.807, 2.05) is 103 Å². The van der Waals surface area contributed by atoms with Gasteiger partial charge in [0.2, 0.25) is 0 Å². The number of methoxy groups -OCH3 is 1. The molecule has 0 aromatic heterocycles. The second kappa shape index (κ2) is 11.2. The number of fused-ring (bicyclic) bond motifs is 1. The number of hydrogen-bond donors (Lipinski definition) is 1. The van der Waals surface area contributed by atoms with Gasteiger partial charge in [0.15, 0.2) is 17.3 Å². The number of ketones is 1. The molecule has 0 fully saturated rings. The summed E-state index contributed by atoms with van der Waals surface area (Å²) in [6, 6.07) is 31.9. The Morgan fingerprint density at radius 1 is 0.881 bits per heavy atom. The first-order valence-corrected chi connectivity index (χ1v) is 14.2. The Morgan fingerprint density at radius 2 is 1.57 bits per heavy atom. The summed E-state index contributed by atoms with van der Waals surface area (Å²) in [6.07, 6.45) is 1.07. The monoisotopic (exact) mass is 558 g/mol. The summed E-state index contributed by atoms with van der Waals surface area (Å²) in [5.74, 6) is 0.957. The molecule has 0 saturated heterocycles. The number of Topliss-reactive ketones (excluding diaryl/α,β-unsaturated/α-hetero) is 1. The van der Waals surface area contributed by atoms with Crippen LogP contribution in [0.2, 0.25) is 0 Å². The van der Waals surface area contributed by atoms with E-state index in [2.05, 4.69) is 19.2 Å². The number of hydrogen-bond acceptors (Lipinski definition) is 5. The van der Waals surface area contributed by atoms with Gasteiger partial charge in [-0.1, -0.05) is 80.6 Å². The first-order chi connectivity index (χ1) is 20.3. The number of anilines is 2. The minimum atomic E-state index is -0.683. The second-order valence-corrected chi connectivity index (χ2v) is 11.6. The molecule has 1 aliphatic heterocycles. The molecule has 0 saturated carbocycles. The average Bonchev–Trinajstić information content (AvgIpc) is 3.14. The minimum absolute atomic E-state index is 0.0278. The number of carbonyl (C=O) groups is 2. The third kappa shape index (κ3) is 5.28. The van der Waals surface area contributed by atoms with E-state index in [-0.39, 0.29) is 17.1 Å². The van der Waals surface area contributed by atoms with Gasteiger partial charge in [0.25, 0.3) is 5.91 Å². The molecule has 0 bridgehead atoms. The van der Waals surface area contributed by atoms with Crippen LogP contribution in [0.25, 0.3) is 0 Å². The van der Waals surface area contributed by atoms with E-state index < -0.39 is 6.04 Å². The SMILES string of the molecule is COc1ccc([C@@H]2C3=C(CC(C)(C)CC3=O)Nc3ccccc3N2C(=O)c2ccccc2)cc1OCc1ccccc1. The van der Waals surface area contributed by atoms with Gasteiger partial charge >= 0.3 is 0 Å². The van der Waals surface area contributed by atoms with Crippen LogP contribution in [0.5, 0.6) is 11.5 Å². The largest absolute Gasteiger partial charge is 0.493 e. The van der Waals surface area contributed by atoms with Crippen LogP contribution in [-0.2, 0) is 11.4 Å². The maximum Gasteiger partial charge on any atom is 0.259 e. The van der Waals surface area contributed by atoms with Crippen molar-refractivity contribution in [3.63, 3.8) is 0 Å². The number of allylic oxidation sites excluding steroid dienone is 1. The van der Waals surface area contributed by atoms with Crippen molar-refractivity contribution in [3.8, 4) is 11.5 Å². The van der Waals surface area contributed by atoms with Crippen molar-refractivity contribution in [1.82, 2.24) is 0 Å². The highest BCUT2D eigenvalue weighted by atomic mass is 16.5. The second-order valence-electron chi connectivity index (χ2n) is 11.6. The van der Waals surface area contributed by atoms with Gasteiger partial charge in [0.05, 0.1) is 24.5 Å². The summed E-state index contributed by atoms with van der Waals surface area (Å²) >= 11 is 0. The summed E-state index contributed by atoms with van der Waals surface area (Å²) in [5.41, 5.74) is 5.06. The van der Waals surface area contributed by atoms with Gasteiger partial charge < -0.3 is 14.8 Å². The Balaban J connectivity index is 1.54. The molecular weight excluding hydrogens is 524 g/mol. The fraction of sp³-hybridized carbons (Fsp3) is 0.222. The van der Waals surface area contributed by atoms with Crippen molar-refractivity contribution in [2.24, 2.45) is 5.41 Å². The summed E-state index contributed by atoms with van der Waals surface area (Å²) in [7, 11) is 1.61. The van der Waals surface area contributed by atoms with Gasteiger partial charge in [0.1, 0.15) is 6.61 Å². The Kier molecular flexibility index (Phi) is 7.29. The number of amides is 1. The van der Waals surface area contributed by atoms with Crippen molar-refractivity contribution in [2.45, 2.75) is 39.3 Å². The average molecular weight is 559 g/mol. The molecular formula is C36H34N2O4. The van der Waals surface area contributed by atoms with Crippen LogP contribution in [0.4, 0.5) is 11.4 Å². The molecule has 0 radical (unpaired) electrons. The number of nitrogens with one attached hydrogen (secondary N) is 1. The van der Waals surface area contributed by atoms with E-state index in [9.17, 15) is 9.59 Å². The lowest BCUT2D eigenvalue weighted by atomic mass is 9.73. The Labute approximate surface area is 246 Å². The van der Waals surface area contributed by atoms with Crippen LogP contribution in [0, 0.1) is 5.41 Å². The van der Waals surface area contributed by atoms with Crippen molar-refractivity contribution < 1.29 is 19.1 Å². The molecule has 6 rings (SSSR count). The molecule has 1 aliphatic carbocycles. The maximum atomic E-state index is 14.4. The van der Waals surface area contributed by atoms with Crippen molar-refractivity contribution in [2.75, 3.05) is 17.3 Å².